The van der Waals surface area contributed by atoms with Crippen molar-refractivity contribution in [2.24, 2.45) is 11.8 Å². The molecule has 4 fully saturated rings. The highest BCUT2D eigenvalue weighted by Crippen LogP contribution is 2.36. The topological polar surface area (TPSA) is 50.9 Å². The molecule has 4 heterocycles. The van der Waals surface area contributed by atoms with Crippen molar-refractivity contribution in [3.05, 3.63) is 30.3 Å². The summed E-state index contributed by atoms with van der Waals surface area (Å²) in [7, 11) is 0. The maximum Gasteiger partial charge on any atom is 0.219 e. The van der Waals surface area contributed by atoms with Crippen LogP contribution in [-0.4, -0.2) is 84.1 Å². The number of benzene rings is 1. The first-order valence-electron chi connectivity index (χ1n) is 10.9. The van der Waals surface area contributed by atoms with Gasteiger partial charge in [-0.3, -0.25) is 14.6 Å². The van der Waals surface area contributed by atoms with Crippen LogP contribution < -0.4 is 10.6 Å². The highest BCUT2D eigenvalue weighted by Gasteiger charge is 2.40. The van der Waals surface area contributed by atoms with Gasteiger partial charge in [0, 0.05) is 64.5 Å². The molecule has 2 bridgehead atoms. The lowest BCUT2D eigenvalue weighted by molar-refractivity contribution is -0.130. The van der Waals surface area contributed by atoms with Gasteiger partial charge in [0.2, 0.25) is 5.91 Å². The Morgan fingerprint density at radius 3 is 2.55 bits per heavy atom. The van der Waals surface area contributed by atoms with Crippen molar-refractivity contribution in [2.75, 3.05) is 57.7 Å². The van der Waals surface area contributed by atoms with E-state index in [0.29, 0.717) is 11.2 Å². The molecule has 1 aromatic rings. The number of anilines is 1. The molecule has 2 N–H and O–H groups in total. The van der Waals surface area contributed by atoms with Crippen LogP contribution in [0.2, 0.25) is 0 Å². The monoisotopic (exact) mass is 415 g/mol. The SMILES string of the molecule is CC(=O)N1CCN(C[C@H]2CN3CC[C@H]2C[C@@H]3CNC(=S)Nc2ccccc2)CC1. The average molecular weight is 416 g/mol. The van der Waals surface area contributed by atoms with Gasteiger partial charge in [0.05, 0.1) is 0 Å². The van der Waals surface area contributed by atoms with Crippen LogP contribution in [-0.2, 0) is 4.79 Å². The molecule has 4 aliphatic heterocycles. The van der Waals surface area contributed by atoms with Crippen LogP contribution >= 0.6 is 12.2 Å². The second-order valence-electron chi connectivity index (χ2n) is 8.70. The standard InChI is InChI=1S/C22H33N5OS/c1-17(28)26-11-9-25(10-12-26)15-19-16-27-8-7-18(19)13-21(27)14-23-22(29)24-20-5-3-2-4-6-20/h2-6,18-19,21H,7-16H2,1H3,(H2,23,24,29)/t18-,19-,21+/m0/s1. The highest BCUT2D eigenvalue weighted by molar-refractivity contribution is 7.80. The minimum absolute atomic E-state index is 0.211. The van der Waals surface area contributed by atoms with Crippen LogP contribution in [0.5, 0.6) is 0 Å². The molecular formula is C22H33N5OS. The predicted molar refractivity (Wildman–Crippen MR) is 121 cm³/mol. The van der Waals surface area contributed by atoms with E-state index in [2.05, 4.69) is 20.4 Å². The molecule has 0 aromatic heterocycles. The van der Waals surface area contributed by atoms with Gasteiger partial charge in [0.15, 0.2) is 5.11 Å². The first-order valence-corrected chi connectivity index (χ1v) is 11.3. The van der Waals surface area contributed by atoms with E-state index in [1.165, 1.54) is 32.5 Å². The molecule has 1 unspecified atom stereocenters. The van der Waals surface area contributed by atoms with Gasteiger partial charge in [0.25, 0.3) is 0 Å². The number of carbonyl (C=O) groups is 1. The van der Waals surface area contributed by atoms with E-state index >= 15 is 0 Å². The largest absolute Gasteiger partial charge is 0.361 e. The quantitative estimate of drug-likeness (QED) is 0.716. The van der Waals surface area contributed by atoms with Gasteiger partial charge in [-0.2, -0.15) is 0 Å². The lowest BCUT2D eigenvalue weighted by Gasteiger charge is -2.51. The summed E-state index contributed by atoms with van der Waals surface area (Å²) in [5.41, 5.74) is 1.03. The van der Waals surface area contributed by atoms with E-state index in [9.17, 15) is 4.79 Å². The van der Waals surface area contributed by atoms with Crippen molar-refractivity contribution in [3.63, 3.8) is 0 Å². The molecule has 0 saturated carbocycles. The zero-order chi connectivity index (χ0) is 20.2. The summed E-state index contributed by atoms with van der Waals surface area (Å²) in [6.07, 6.45) is 2.58. The smallest absolute Gasteiger partial charge is 0.219 e. The predicted octanol–water partition coefficient (Wildman–Crippen LogP) is 1.85. The summed E-state index contributed by atoms with van der Waals surface area (Å²) in [6, 6.07) is 10.7. The van der Waals surface area contributed by atoms with Crippen molar-refractivity contribution in [1.82, 2.24) is 20.0 Å². The lowest BCUT2D eigenvalue weighted by atomic mass is 9.75. The van der Waals surface area contributed by atoms with Crippen LogP contribution in [0.25, 0.3) is 0 Å². The highest BCUT2D eigenvalue weighted by atomic mass is 32.1. The van der Waals surface area contributed by atoms with Gasteiger partial charge in [0.1, 0.15) is 0 Å². The first-order chi connectivity index (χ1) is 14.1. The van der Waals surface area contributed by atoms with Crippen LogP contribution in [0.4, 0.5) is 5.69 Å². The molecule has 5 rings (SSSR count). The molecule has 0 spiro atoms. The van der Waals surface area contributed by atoms with Crippen molar-refractivity contribution >= 4 is 28.9 Å². The van der Waals surface area contributed by atoms with Crippen molar-refractivity contribution in [2.45, 2.75) is 25.8 Å². The van der Waals surface area contributed by atoms with E-state index < -0.39 is 0 Å². The molecule has 4 saturated heterocycles. The third kappa shape index (κ3) is 5.27. The van der Waals surface area contributed by atoms with Gasteiger partial charge >= 0.3 is 0 Å². The number of amides is 1. The summed E-state index contributed by atoms with van der Waals surface area (Å²) in [4.78, 5) is 18.7. The molecule has 1 aromatic carbocycles. The van der Waals surface area contributed by atoms with Crippen molar-refractivity contribution in [3.8, 4) is 0 Å². The van der Waals surface area contributed by atoms with E-state index in [0.717, 1.165) is 50.2 Å². The molecule has 29 heavy (non-hydrogen) atoms. The zero-order valence-electron chi connectivity index (χ0n) is 17.3. The second-order valence-corrected chi connectivity index (χ2v) is 9.11. The van der Waals surface area contributed by atoms with Gasteiger partial charge in [-0.1, -0.05) is 18.2 Å². The van der Waals surface area contributed by atoms with Gasteiger partial charge in [-0.05, 0) is 55.6 Å². The van der Waals surface area contributed by atoms with Gasteiger partial charge < -0.3 is 15.5 Å². The number of fused-ring (bicyclic) bond motifs is 3. The first kappa shape index (κ1) is 20.6. The van der Waals surface area contributed by atoms with Gasteiger partial charge in [-0.25, -0.2) is 0 Å². The lowest BCUT2D eigenvalue weighted by Crippen LogP contribution is -2.59. The number of hydrogen-bond acceptors (Lipinski definition) is 4. The Morgan fingerprint density at radius 2 is 1.90 bits per heavy atom. The van der Waals surface area contributed by atoms with Crippen molar-refractivity contribution < 1.29 is 4.79 Å². The number of nitrogens with one attached hydrogen (secondary N) is 2. The summed E-state index contributed by atoms with van der Waals surface area (Å²) in [5, 5.41) is 7.40. The third-order valence-electron chi connectivity index (χ3n) is 6.85. The number of rotatable bonds is 5. The molecule has 7 heteroatoms. The zero-order valence-corrected chi connectivity index (χ0v) is 18.2. The number of hydrogen-bond donors (Lipinski definition) is 2. The van der Waals surface area contributed by atoms with Gasteiger partial charge in [-0.15, -0.1) is 0 Å². The summed E-state index contributed by atoms with van der Waals surface area (Å²) < 4.78 is 0. The fourth-order valence-electron chi connectivity index (χ4n) is 5.15. The molecule has 158 valence electrons. The number of para-hydroxylation sites is 1. The fourth-order valence-corrected chi connectivity index (χ4v) is 5.35. The number of carbonyl (C=O) groups excluding carboxylic acids is 1. The van der Waals surface area contributed by atoms with Crippen LogP contribution in [0.15, 0.2) is 30.3 Å². The normalized spacial score (nSPS) is 29.5. The minimum atomic E-state index is 0.211. The van der Waals surface area contributed by atoms with Crippen molar-refractivity contribution in [1.29, 1.82) is 0 Å². The number of thiocarbonyl (C=S) groups is 1. The van der Waals surface area contributed by atoms with Crippen LogP contribution in [0.3, 0.4) is 0 Å². The number of piperazine rings is 1. The van der Waals surface area contributed by atoms with Crippen LogP contribution in [0, 0.1) is 11.8 Å². The fraction of sp³-hybridized carbons (Fsp3) is 0.636. The van der Waals surface area contributed by atoms with Crippen LogP contribution in [0.1, 0.15) is 19.8 Å². The van der Waals surface area contributed by atoms with E-state index in [1.54, 1.807) is 6.92 Å². The molecule has 0 aliphatic carbocycles. The number of nitrogens with zero attached hydrogens (tertiary/aromatic N) is 3. The van der Waals surface area contributed by atoms with E-state index in [-0.39, 0.29) is 5.91 Å². The number of piperidine rings is 3. The molecular weight excluding hydrogens is 382 g/mol. The third-order valence-corrected chi connectivity index (χ3v) is 7.10. The summed E-state index contributed by atoms with van der Waals surface area (Å²) in [5.74, 6) is 1.79. The minimum Gasteiger partial charge on any atom is -0.361 e. The molecule has 4 atom stereocenters. The average Bonchev–Trinajstić information content (AvgIpc) is 2.74. The van der Waals surface area contributed by atoms with E-state index in [4.69, 9.17) is 12.2 Å². The Labute approximate surface area is 179 Å². The Kier molecular flexibility index (Phi) is 6.67. The second kappa shape index (κ2) is 9.41. The Morgan fingerprint density at radius 1 is 1.14 bits per heavy atom. The summed E-state index contributed by atoms with van der Waals surface area (Å²) in [6.45, 7) is 10.00. The summed E-state index contributed by atoms with van der Waals surface area (Å²) >= 11 is 5.47. The molecule has 4 aliphatic rings. The Balaban J connectivity index is 1.21. The maximum absolute atomic E-state index is 11.5. The maximum atomic E-state index is 11.5. The molecule has 1 amide bonds. The molecule has 6 nitrogen and oxygen atoms in total. The Hall–Kier alpha value is -1.70. The van der Waals surface area contributed by atoms with E-state index in [1.807, 2.05) is 35.2 Å². The molecule has 0 radical (unpaired) electrons. The Bertz CT molecular complexity index is 706.